The highest BCUT2D eigenvalue weighted by atomic mass is 32.2. The summed E-state index contributed by atoms with van der Waals surface area (Å²) < 4.78 is 31.9. The minimum absolute atomic E-state index is 0.0600. The van der Waals surface area contributed by atoms with E-state index in [1.54, 1.807) is 26.8 Å². The van der Waals surface area contributed by atoms with Crippen molar-refractivity contribution in [1.82, 2.24) is 28.9 Å². The van der Waals surface area contributed by atoms with Crippen LogP contribution in [0, 0.1) is 13.8 Å². The first-order chi connectivity index (χ1) is 14.8. The monoisotopic (exact) mass is 442 g/mol. The number of hydrogen-bond acceptors (Lipinski definition) is 5. The number of pyridine rings is 1. The minimum Gasteiger partial charge on any atom is -0.275 e. The van der Waals surface area contributed by atoms with E-state index in [9.17, 15) is 8.42 Å². The van der Waals surface area contributed by atoms with Crippen LogP contribution >= 0.6 is 0 Å². The van der Waals surface area contributed by atoms with Crippen molar-refractivity contribution >= 4 is 10.0 Å². The summed E-state index contributed by atoms with van der Waals surface area (Å²) in [6.45, 7) is 7.47. The summed E-state index contributed by atoms with van der Waals surface area (Å²) in [5.74, 6) is 0.0600. The second-order valence-corrected chi connectivity index (χ2v) is 10.3. The fraction of sp³-hybridized carbons (Fsp3) is 0.500. The molecule has 4 rings (SSSR count). The van der Waals surface area contributed by atoms with Crippen molar-refractivity contribution in [3.05, 3.63) is 47.8 Å². The van der Waals surface area contributed by atoms with Gasteiger partial charge in [0.2, 0.25) is 10.0 Å². The lowest BCUT2D eigenvalue weighted by atomic mass is 9.93. The molecule has 1 saturated heterocycles. The Morgan fingerprint density at radius 1 is 1.16 bits per heavy atom. The SMILES string of the molecule is CCCn1cc(S(=O)(=O)N2CCC[C@H](c3cc(-c4cnn(C)c4)cc(C)n3)C2)c(C)n1. The Balaban J connectivity index is 1.61. The molecule has 0 amide bonds. The predicted octanol–water partition coefficient (Wildman–Crippen LogP) is 3.27. The molecule has 0 saturated carbocycles. The highest BCUT2D eigenvalue weighted by Crippen LogP contribution is 2.32. The zero-order valence-electron chi connectivity index (χ0n) is 18.6. The van der Waals surface area contributed by atoms with Crippen LogP contribution in [0.5, 0.6) is 0 Å². The van der Waals surface area contributed by atoms with Crippen molar-refractivity contribution in [1.29, 1.82) is 0 Å². The zero-order chi connectivity index (χ0) is 22.2. The number of rotatable bonds is 6. The van der Waals surface area contributed by atoms with Crippen LogP contribution in [0.3, 0.4) is 0 Å². The van der Waals surface area contributed by atoms with E-state index >= 15 is 0 Å². The van der Waals surface area contributed by atoms with Crippen LogP contribution in [0.2, 0.25) is 0 Å². The summed E-state index contributed by atoms with van der Waals surface area (Å²) in [7, 11) is -1.70. The number of nitrogens with zero attached hydrogens (tertiary/aromatic N) is 6. The maximum absolute atomic E-state index is 13.4. The third-order valence-electron chi connectivity index (χ3n) is 5.79. The third kappa shape index (κ3) is 4.43. The van der Waals surface area contributed by atoms with Crippen LogP contribution in [0.1, 0.15) is 49.2 Å². The summed E-state index contributed by atoms with van der Waals surface area (Å²) in [5.41, 5.74) is 4.52. The molecule has 8 nitrogen and oxygen atoms in total. The Morgan fingerprint density at radius 3 is 2.68 bits per heavy atom. The van der Waals surface area contributed by atoms with Crippen molar-refractivity contribution in [2.45, 2.75) is 57.4 Å². The molecule has 31 heavy (non-hydrogen) atoms. The fourth-order valence-corrected chi connectivity index (χ4v) is 5.97. The molecular weight excluding hydrogens is 412 g/mol. The molecule has 0 radical (unpaired) electrons. The summed E-state index contributed by atoms with van der Waals surface area (Å²) in [5, 5.41) is 8.65. The number of aryl methyl sites for hydroxylation is 4. The van der Waals surface area contributed by atoms with E-state index in [1.807, 2.05) is 32.4 Å². The van der Waals surface area contributed by atoms with Gasteiger partial charge in [-0.15, -0.1) is 0 Å². The Morgan fingerprint density at radius 2 is 1.97 bits per heavy atom. The van der Waals surface area contributed by atoms with Gasteiger partial charge in [0.05, 0.1) is 11.9 Å². The van der Waals surface area contributed by atoms with Crippen molar-refractivity contribution in [2.24, 2.45) is 7.05 Å². The molecule has 4 heterocycles. The third-order valence-corrected chi connectivity index (χ3v) is 7.75. The molecule has 1 atom stereocenters. The number of piperidine rings is 1. The number of hydrogen-bond donors (Lipinski definition) is 0. The molecule has 1 aliphatic rings. The molecule has 0 unspecified atom stereocenters. The van der Waals surface area contributed by atoms with Gasteiger partial charge in [-0.25, -0.2) is 8.42 Å². The molecule has 1 aliphatic heterocycles. The summed E-state index contributed by atoms with van der Waals surface area (Å²) in [4.78, 5) is 5.07. The maximum Gasteiger partial charge on any atom is 0.246 e. The van der Waals surface area contributed by atoms with E-state index in [0.29, 0.717) is 30.2 Å². The van der Waals surface area contributed by atoms with E-state index in [2.05, 4.69) is 23.2 Å². The van der Waals surface area contributed by atoms with Gasteiger partial charge in [-0.3, -0.25) is 14.3 Å². The molecule has 0 aliphatic carbocycles. The molecule has 1 fully saturated rings. The minimum atomic E-state index is -3.59. The summed E-state index contributed by atoms with van der Waals surface area (Å²) >= 11 is 0. The van der Waals surface area contributed by atoms with Crippen LogP contribution in [0.4, 0.5) is 0 Å². The fourth-order valence-electron chi connectivity index (χ4n) is 4.28. The van der Waals surface area contributed by atoms with Gasteiger partial charge in [0, 0.05) is 61.9 Å². The molecule has 3 aromatic heterocycles. The van der Waals surface area contributed by atoms with Gasteiger partial charge in [0.15, 0.2) is 0 Å². The van der Waals surface area contributed by atoms with E-state index in [4.69, 9.17) is 4.98 Å². The van der Waals surface area contributed by atoms with Crippen LogP contribution in [0.25, 0.3) is 11.1 Å². The lowest BCUT2D eigenvalue weighted by Gasteiger charge is -2.31. The number of sulfonamides is 1. The largest absolute Gasteiger partial charge is 0.275 e. The molecule has 3 aromatic rings. The van der Waals surface area contributed by atoms with Gasteiger partial charge in [0.1, 0.15) is 4.90 Å². The molecule has 0 aromatic carbocycles. The topological polar surface area (TPSA) is 85.9 Å². The normalized spacial score (nSPS) is 17.9. The molecule has 0 N–H and O–H groups in total. The second kappa shape index (κ2) is 8.55. The molecule has 0 spiro atoms. The molecular formula is C22H30N6O2S. The van der Waals surface area contributed by atoms with Crippen molar-refractivity contribution in [3.63, 3.8) is 0 Å². The average Bonchev–Trinajstić information content (AvgIpc) is 3.34. The van der Waals surface area contributed by atoms with E-state index in [1.165, 1.54) is 0 Å². The molecule has 0 bridgehead atoms. The quantitative estimate of drug-likeness (QED) is 0.585. The van der Waals surface area contributed by atoms with Crippen LogP contribution in [-0.2, 0) is 23.6 Å². The van der Waals surface area contributed by atoms with Crippen LogP contribution in [0.15, 0.2) is 35.6 Å². The highest BCUT2D eigenvalue weighted by Gasteiger charge is 2.33. The van der Waals surface area contributed by atoms with Gasteiger partial charge in [-0.05, 0) is 50.8 Å². The van der Waals surface area contributed by atoms with E-state index in [-0.39, 0.29) is 5.92 Å². The van der Waals surface area contributed by atoms with Gasteiger partial charge < -0.3 is 0 Å². The second-order valence-electron chi connectivity index (χ2n) is 8.37. The van der Waals surface area contributed by atoms with E-state index in [0.717, 1.165) is 41.8 Å². The first-order valence-corrected chi connectivity index (χ1v) is 12.2. The molecule has 9 heteroatoms. The maximum atomic E-state index is 13.4. The summed E-state index contributed by atoms with van der Waals surface area (Å²) in [6.07, 6.45) is 8.13. The van der Waals surface area contributed by atoms with Crippen LogP contribution in [-0.4, -0.2) is 50.4 Å². The average molecular weight is 443 g/mol. The Bertz CT molecular complexity index is 1180. The van der Waals surface area contributed by atoms with Crippen molar-refractivity contribution < 1.29 is 8.42 Å². The Hall–Kier alpha value is -2.52. The first kappa shape index (κ1) is 21.7. The first-order valence-electron chi connectivity index (χ1n) is 10.8. The smallest absolute Gasteiger partial charge is 0.246 e. The predicted molar refractivity (Wildman–Crippen MR) is 119 cm³/mol. The van der Waals surface area contributed by atoms with Crippen molar-refractivity contribution in [2.75, 3.05) is 13.1 Å². The highest BCUT2D eigenvalue weighted by molar-refractivity contribution is 7.89. The summed E-state index contributed by atoms with van der Waals surface area (Å²) in [6, 6.07) is 4.12. The van der Waals surface area contributed by atoms with Crippen molar-refractivity contribution in [3.8, 4) is 11.1 Å². The van der Waals surface area contributed by atoms with E-state index < -0.39 is 10.0 Å². The Labute approximate surface area is 184 Å². The lowest BCUT2D eigenvalue weighted by molar-refractivity contribution is 0.312. The number of aromatic nitrogens is 5. The molecule has 166 valence electrons. The standard InChI is InChI=1S/C22H30N6O2S/c1-5-8-27-15-22(17(3)25-27)31(29,30)28-9-6-7-18(14-28)21-11-19(10-16(2)24-21)20-12-23-26(4)13-20/h10-13,15,18H,5-9,14H2,1-4H3/t18-/m0/s1. The zero-order valence-corrected chi connectivity index (χ0v) is 19.4. The van der Waals surface area contributed by atoms with Gasteiger partial charge >= 0.3 is 0 Å². The van der Waals surface area contributed by atoms with Gasteiger partial charge in [0.25, 0.3) is 0 Å². The van der Waals surface area contributed by atoms with Gasteiger partial charge in [-0.1, -0.05) is 6.92 Å². The van der Waals surface area contributed by atoms with Gasteiger partial charge in [-0.2, -0.15) is 14.5 Å². The Kier molecular flexibility index (Phi) is 5.98. The van der Waals surface area contributed by atoms with Crippen LogP contribution < -0.4 is 0 Å². The lowest BCUT2D eigenvalue weighted by Crippen LogP contribution is -2.39.